The highest BCUT2D eigenvalue weighted by atomic mass is 32.2. The number of ether oxygens (including phenoxy) is 1. The number of nitrogens with zero attached hydrogens (tertiary/aromatic N) is 1. The van der Waals surface area contributed by atoms with Gasteiger partial charge in [0.1, 0.15) is 5.75 Å². The lowest BCUT2D eigenvalue weighted by atomic mass is 9.99. The monoisotopic (exact) mass is 336 g/mol. The van der Waals surface area contributed by atoms with Crippen LogP contribution in [0.15, 0.2) is 18.2 Å². The Labute approximate surface area is 143 Å². The molecule has 1 atom stereocenters. The van der Waals surface area contributed by atoms with Crippen LogP contribution in [0, 0.1) is 12.8 Å². The molecule has 0 spiro atoms. The van der Waals surface area contributed by atoms with Crippen LogP contribution in [0.3, 0.4) is 0 Å². The molecule has 0 aliphatic carbocycles. The normalized spacial score (nSPS) is 18.0. The molecule has 5 heteroatoms. The second kappa shape index (κ2) is 9.18. The van der Waals surface area contributed by atoms with Gasteiger partial charge in [-0.1, -0.05) is 6.07 Å². The van der Waals surface area contributed by atoms with Gasteiger partial charge in [-0.2, -0.15) is 11.8 Å². The topological polar surface area (TPSA) is 55.6 Å². The summed E-state index contributed by atoms with van der Waals surface area (Å²) in [6.07, 6.45) is 5.23. The van der Waals surface area contributed by atoms with Gasteiger partial charge in [0.15, 0.2) is 0 Å². The van der Waals surface area contributed by atoms with Crippen LogP contribution in [-0.4, -0.2) is 49.1 Å². The van der Waals surface area contributed by atoms with E-state index in [0.717, 1.165) is 37.2 Å². The zero-order valence-corrected chi connectivity index (χ0v) is 15.0. The maximum absolute atomic E-state index is 12.9. The SMILES string of the molecule is CSC[C@@H]1CCCN(C(=O)c2ccc(C)cc2OCCCN)C1. The van der Waals surface area contributed by atoms with Crippen LogP contribution in [0.25, 0.3) is 0 Å². The first-order chi connectivity index (χ1) is 11.2. The number of carbonyl (C=O) groups excluding carboxylic acids is 1. The molecule has 4 nitrogen and oxygen atoms in total. The molecule has 1 aromatic carbocycles. The van der Waals surface area contributed by atoms with Crippen molar-refractivity contribution in [2.24, 2.45) is 11.7 Å². The van der Waals surface area contributed by atoms with Crippen molar-refractivity contribution in [3.8, 4) is 5.75 Å². The Kier molecular flexibility index (Phi) is 7.24. The van der Waals surface area contributed by atoms with Gasteiger partial charge in [-0.15, -0.1) is 0 Å². The standard InChI is InChI=1S/C18H28N2O2S/c1-14-6-7-16(17(11-14)22-10-4-8-19)18(21)20-9-3-5-15(12-20)13-23-2/h6-7,11,15H,3-5,8-10,12-13,19H2,1-2H3/t15-/m1/s1. The summed E-state index contributed by atoms with van der Waals surface area (Å²) in [7, 11) is 0. The lowest BCUT2D eigenvalue weighted by molar-refractivity contribution is 0.0681. The highest BCUT2D eigenvalue weighted by Gasteiger charge is 2.26. The van der Waals surface area contributed by atoms with Crippen LogP contribution in [-0.2, 0) is 0 Å². The van der Waals surface area contributed by atoms with E-state index in [0.29, 0.717) is 30.4 Å². The van der Waals surface area contributed by atoms with Gasteiger partial charge in [0, 0.05) is 13.1 Å². The van der Waals surface area contributed by atoms with Gasteiger partial charge in [-0.25, -0.2) is 0 Å². The number of nitrogens with two attached hydrogens (primary N) is 1. The summed E-state index contributed by atoms with van der Waals surface area (Å²) in [5.74, 6) is 2.51. The fourth-order valence-corrected chi connectivity index (χ4v) is 3.73. The van der Waals surface area contributed by atoms with Crippen molar-refractivity contribution in [1.82, 2.24) is 4.90 Å². The number of hydrogen-bond donors (Lipinski definition) is 1. The zero-order chi connectivity index (χ0) is 16.7. The summed E-state index contributed by atoms with van der Waals surface area (Å²) in [6.45, 7) is 4.86. The molecule has 1 saturated heterocycles. The van der Waals surface area contributed by atoms with Crippen molar-refractivity contribution in [3.63, 3.8) is 0 Å². The van der Waals surface area contributed by atoms with Crippen molar-refractivity contribution >= 4 is 17.7 Å². The van der Waals surface area contributed by atoms with Crippen LogP contribution >= 0.6 is 11.8 Å². The van der Waals surface area contributed by atoms with E-state index in [-0.39, 0.29) is 5.91 Å². The molecule has 0 unspecified atom stereocenters. The summed E-state index contributed by atoms with van der Waals surface area (Å²) in [5.41, 5.74) is 7.30. The summed E-state index contributed by atoms with van der Waals surface area (Å²) in [5, 5.41) is 0. The van der Waals surface area contributed by atoms with Crippen LogP contribution in [0.1, 0.15) is 35.2 Å². The summed E-state index contributed by atoms with van der Waals surface area (Å²) in [4.78, 5) is 14.9. The first-order valence-corrected chi connectivity index (χ1v) is 9.76. The minimum absolute atomic E-state index is 0.0959. The molecule has 1 aromatic rings. The third-order valence-corrected chi connectivity index (χ3v) is 4.99. The average Bonchev–Trinajstić information content (AvgIpc) is 2.55. The number of piperidine rings is 1. The molecule has 1 heterocycles. The van der Waals surface area contributed by atoms with Crippen LogP contribution in [0.4, 0.5) is 0 Å². The highest BCUT2D eigenvalue weighted by molar-refractivity contribution is 7.98. The Balaban J connectivity index is 2.11. The van der Waals surface area contributed by atoms with Gasteiger partial charge in [0.25, 0.3) is 5.91 Å². The van der Waals surface area contributed by atoms with E-state index in [1.807, 2.05) is 41.8 Å². The summed E-state index contributed by atoms with van der Waals surface area (Å²) < 4.78 is 5.81. The second-order valence-corrected chi connectivity index (χ2v) is 7.12. The van der Waals surface area contributed by atoms with Gasteiger partial charge < -0.3 is 15.4 Å². The highest BCUT2D eigenvalue weighted by Crippen LogP contribution is 2.26. The molecule has 2 N–H and O–H groups in total. The molecule has 128 valence electrons. The molecule has 0 saturated carbocycles. The van der Waals surface area contributed by atoms with Crippen molar-refractivity contribution in [1.29, 1.82) is 0 Å². The molecule has 2 rings (SSSR count). The maximum Gasteiger partial charge on any atom is 0.257 e. The minimum atomic E-state index is 0.0959. The molecule has 1 amide bonds. The molecular formula is C18H28N2O2S. The third kappa shape index (κ3) is 5.15. The quantitative estimate of drug-likeness (QED) is 0.778. The number of rotatable bonds is 7. The Morgan fingerprint density at radius 3 is 3.04 bits per heavy atom. The third-order valence-electron chi connectivity index (χ3n) is 4.18. The van der Waals surface area contributed by atoms with Gasteiger partial charge >= 0.3 is 0 Å². The van der Waals surface area contributed by atoms with E-state index >= 15 is 0 Å². The lowest BCUT2D eigenvalue weighted by Crippen LogP contribution is -2.40. The van der Waals surface area contributed by atoms with Crippen LogP contribution in [0.2, 0.25) is 0 Å². The van der Waals surface area contributed by atoms with E-state index in [9.17, 15) is 4.79 Å². The Hall–Kier alpha value is -1.20. The smallest absolute Gasteiger partial charge is 0.257 e. The van der Waals surface area contributed by atoms with E-state index in [1.165, 1.54) is 6.42 Å². The van der Waals surface area contributed by atoms with Crippen LogP contribution < -0.4 is 10.5 Å². The molecule has 1 aliphatic heterocycles. The maximum atomic E-state index is 12.9. The van der Waals surface area contributed by atoms with Crippen molar-refractivity contribution < 1.29 is 9.53 Å². The van der Waals surface area contributed by atoms with Gasteiger partial charge in [0.05, 0.1) is 12.2 Å². The van der Waals surface area contributed by atoms with E-state index in [1.54, 1.807) is 0 Å². The first kappa shape index (κ1) is 18.1. The van der Waals surface area contributed by atoms with Gasteiger partial charge in [-0.3, -0.25) is 4.79 Å². The number of likely N-dealkylation sites (tertiary alicyclic amines) is 1. The Bertz CT molecular complexity index is 520. The number of carbonyl (C=O) groups is 1. The van der Waals surface area contributed by atoms with Gasteiger partial charge in [-0.05, 0) is 68.4 Å². The molecule has 1 fully saturated rings. The number of hydrogen-bond acceptors (Lipinski definition) is 4. The van der Waals surface area contributed by atoms with Crippen LogP contribution in [0.5, 0.6) is 5.75 Å². The number of benzene rings is 1. The number of amides is 1. The Morgan fingerprint density at radius 2 is 2.30 bits per heavy atom. The molecule has 0 radical (unpaired) electrons. The minimum Gasteiger partial charge on any atom is -0.493 e. The Morgan fingerprint density at radius 1 is 1.48 bits per heavy atom. The first-order valence-electron chi connectivity index (χ1n) is 8.37. The fourth-order valence-electron chi connectivity index (χ4n) is 2.98. The molecule has 0 aromatic heterocycles. The lowest BCUT2D eigenvalue weighted by Gasteiger charge is -2.33. The summed E-state index contributed by atoms with van der Waals surface area (Å²) >= 11 is 1.86. The summed E-state index contributed by atoms with van der Waals surface area (Å²) in [6, 6.07) is 5.83. The van der Waals surface area contributed by atoms with E-state index in [4.69, 9.17) is 10.5 Å². The molecular weight excluding hydrogens is 308 g/mol. The van der Waals surface area contributed by atoms with Crippen molar-refractivity contribution in [2.45, 2.75) is 26.2 Å². The fraction of sp³-hybridized carbons (Fsp3) is 0.611. The van der Waals surface area contributed by atoms with Crippen molar-refractivity contribution in [3.05, 3.63) is 29.3 Å². The molecule has 1 aliphatic rings. The predicted octanol–water partition coefficient (Wildman–Crippen LogP) is 2.94. The second-order valence-electron chi connectivity index (χ2n) is 6.21. The molecule has 23 heavy (non-hydrogen) atoms. The van der Waals surface area contributed by atoms with Crippen molar-refractivity contribution in [2.75, 3.05) is 38.2 Å². The van der Waals surface area contributed by atoms with E-state index in [2.05, 4.69) is 6.26 Å². The van der Waals surface area contributed by atoms with E-state index < -0.39 is 0 Å². The zero-order valence-electron chi connectivity index (χ0n) is 14.2. The predicted molar refractivity (Wildman–Crippen MR) is 97.4 cm³/mol. The molecule has 0 bridgehead atoms. The van der Waals surface area contributed by atoms with Gasteiger partial charge in [0.2, 0.25) is 0 Å². The largest absolute Gasteiger partial charge is 0.493 e. The average molecular weight is 337 g/mol. The number of thioether (sulfide) groups is 1. The number of aryl methyl sites for hydroxylation is 1.